The molecular formula is C20H27NO4. The van der Waals surface area contributed by atoms with E-state index < -0.39 is 0 Å². The van der Waals surface area contributed by atoms with Crippen molar-refractivity contribution in [3.8, 4) is 5.75 Å². The SMILES string of the molecule is CCOC(=O)C1CCN(C(=O)/C=C/c2cccc(OC(C)C)c2)CC1. The smallest absolute Gasteiger partial charge is 0.309 e. The fourth-order valence-corrected chi connectivity index (χ4v) is 2.83. The molecule has 1 heterocycles. The molecule has 0 N–H and O–H groups in total. The zero-order valence-corrected chi connectivity index (χ0v) is 15.2. The largest absolute Gasteiger partial charge is 0.491 e. The topological polar surface area (TPSA) is 55.8 Å². The minimum atomic E-state index is -0.146. The van der Waals surface area contributed by atoms with Crippen molar-refractivity contribution in [1.82, 2.24) is 4.90 Å². The molecule has 1 aliphatic rings. The van der Waals surface area contributed by atoms with E-state index in [1.807, 2.05) is 45.0 Å². The number of hydrogen-bond acceptors (Lipinski definition) is 4. The number of piperidine rings is 1. The molecule has 25 heavy (non-hydrogen) atoms. The Labute approximate surface area is 149 Å². The van der Waals surface area contributed by atoms with Crippen LogP contribution in [0.3, 0.4) is 0 Å². The molecule has 0 atom stereocenters. The minimum Gasteiger partial charge on any atom is -0.491 e. The maximum atomic E-state index is 12.3. The highest BCUT2D eigenvalue weighted by Crippen LogP contribution is 2.20. The third-order valence-corrected chi connectivity index (χ3v) is 4.07. The molecule has 5 heteroatoms. The van der Waals surface area contributed by atoms with Crippen LogP contribution in [0, 0.1) is 5.92 Å². The molecule has 1 fully saturated rings. The summed E-state index contributed by atoms with van der Waals surface area (Å²) in [6, 6.07) is 7.66. The molecule has 1 saturated heterocycles. The molecule has 0 aliphatic carbocycles. The number of carbonyl (C=O) groups excluding carboxylic acids is 2. The molecule has 0 saturated carbocycles. The Hall–Kier alpha value is -2.30. The minimum absolute atomic E-state index is 0.0301. The van der Waals surface area contributed by atoms with E-state index in [2.05, 4.69) is 0 Å². The summed E-state index contributed by atoms with van der Waals surface area (Å²) in [5.74, 6) is 0.530. The van der Waals surface area contributed by atoms with Gasteiger partial charge in [0, 0.05) is 19.2 Å². The number of likely N-dealkylation sites (tertiary alicyclic amines) is 1. The highest BCUT2D eigenvalue weighted by atomic mass is 16.5. The molecule has 0 aromatic heterocycles. The van der Waals surface area contributed by atoms with Crippen LogP contribution in [0.25, 0.3) is 6.08 Å². The summed E-state index contributed by atoms with van der Waals surface area (Å²) in [5.41, 5.74) is 0.924. The molecule has 1 aromatic rings. The van der Waals surface area contributed by atoms with Gasteiger partial charge in [-0.1, -0.05) is 12.1 Å². The summed E-state index contributed by atoms with van der Waals surface area (Å²) in [4.78, 5) is 25.8. The van der Waals surface area contributed by atoms with Gasteiger partial charge in [-0.3, -0.25) is 9.59 Å². The Morgan fingerprint density at radius 2 is 2.00 bits per heavy atom. The quantitative estimate of drug-likeness (QED) is 0.586. The lowest BCUT2D eigenvalue weighted by Crippen LogP contribution is -2.39. The zero-order chi connectivity index (χ0) is 18.2. The van der Waals surface area contributed by atoms with Gasteiger partial charge in [-0.25, -0.2) is 0 Å². The van der Waals surface area contributed by atoms with E-state index in [9.17, 15) is 9.59 Å². The summed E-state index contributed by atoms with van der Waals surface area (Å²) >= 11 is 0. The fraction of sp³-hybridized carbons (Fsp3) is 0.500. The van der Waals surface area contributed by atoms with Gasteiger partial charge < -0.3 is 14.4 Å². The van der Waals surface area contributed by atoms with Crippen molar-refractivity contribution in [2.45, 2.75) is 39.7 Å². The van der Waals surface area contributed by atoms with Crippen molar-refractivity contribution in [2.24, 2.45) is 5.92 Å². The Morgan fingerprint density at radius 3 is 2.64 bits per heavy atom. The van der Waals surface area contributed by atoms with E-state index >= 15 is 0 Å². The molecule has 2 rings (SSSR count). The van der Waals surface area contributed by atoms with Gasteiger partial charge in [0.1, 0.15) is 5.75 Å². The lowest BCUT2D eigenvalue weighted by molar-refractivity contribution is -0.150. The van der Waals surface area contributed by atoms with Crippen molar-refractivity contribution >= 4 is 18.0 Å². The Bertz CT molecular complexity index is 616. The first-order chi connectivity index (χ1) is 12.0. The number of hydrogen-bond donors (Lipinski definition) is 0. The number of nitrogens with zero attached hydrogens (tertiary/aromatic N) is 1. The van der Waals surface area contributed by atoms with E-state index in [0.717, 1.165) is 11.3 Å². The molecule has 1 aliphatic heterocycles. The lowest BCUT2D eigenvalue weighted by Gasteiger charge is -2.30. The monoisotopic (exact) mass is 345 g/mol. The maximum Gasteiger partial charge on any atom is 0.309 e. The molecule has 0 spiro atoms. The molecule has 5 nitrogen and oxygen atoms in total. The van der Waals surface area contributed by atoms with Crippen LogP contribution in [0.1, 0.15) is 39.2 Å². The van der Waals surface area contributed by atoms with Gasteiger partial charge in [0.05, 0.1) is 18.6 Å². The normalized spacial score (nSPS) is 15.6. The first-order valence-corrected chi connectivity index (χ1v) is 8.90. The van der Waals surface area contributed by atoms with E-state index in [0.29, 0.717) is 32.5 Å². The van der Waals surface area contributed by atoms with Gasteiger partial charge in [0.25, 0.3) is 0 Å². The third-order valence-electron chi connectivity index (χ3n) is 4.07. The van der Waals surface area contributed by atoms with Crippen molar-refractivity contribution in [2.75, 3.05) is 19.7 Å². The second kappa shape index (κ2) is 9.25. The van der Waals surface area contributed by atoms with E-state index in [4.69, 9.17) is 9.47 Å². The predicted octanol–water partition coefficient (Wildman–Crippen LogP) is 3.29. The molecule has 0 unspecified atom stereocenters. The molecule has 0 bridgehead atoms. The number of ether oxygens (including phenoxy) is 2. The van der Waals surface area contributed by atoms with Gasteiger partial charge in [-0.15, -0.1) is 0 Å². The standard InChI is InChI=1S/C20H27NO4/c1-4-24-20(23)17-10-12-21(13-11-17)19(22)9-8-16-6-5-7-18(14-16)25-15(2)3/h5-9,14-15,17H,4,10-13H2,1-3H3/b9-8+. The zero-order valence-electron chi connectivity index (χ0n) is 15.2. The fourth-order valence-electron chi connectivity index (χ4n) is 2.83. The van der Waals surface area contributed by atoms with Crippen LogP contribution in [0.5, 0.6) is 5.75 Å². The Balaban J connectivity index is 1.88. The van der Waals surface area contributed by atoms with E-state index in [1.54, 1.807) is 17.1 Å². The Morgan fingerprint density at radius 1 is 1.28 bits per heavy atom. The third kappa shape index (κ3) is 5.93. The van der Waals surface area contributed by atoms with E-state index in [-0.39, 0.29) is 23.9 Å². The van der Waals surface area contributed by atoms with Crippen molar-refractivity contribution in [3.05, 3.63) is 35.9 Å². The summed E-state index contributed by atoms with van der Waals surface area (Å²) < 4.78 is 10.7. The Kier molecular flexibility index (Phi) is 7.04. The van der Waals surface area contributed by atoms with Gasteiger partial charge in [-0.05, 0) is 57.4 Å². The van der Waals surface area contributed by atoms with Crippen LogP contribution in [0.15, 0.2) is 30.3 Å². The second-order valence-corrected chi connectivity index (χ2v) is 6.42. The van der Waals surface area contributed by atoms with Gasteiger partial charge in [-0.2, -0.15) is 0 Å². The molecule has 136 valence electrons. The van der Waals surface area contributed by atoms with Crippen LogP contribution in [-0.2, 0) is 14.3 Å². The van der Waals surface area contributed by atoms with E-state index in [1.165, 1.54) is 0 Å². The average Bonchev–Trinajstić information content (AvgIpc) is 2.60. The van der Waals surface area contributed by atoms with Crippen molar-refractivity contribution in [3.63, 3.8) is 0 Å². The van der Waals surface area contributed by atoms with Crippen LogP contribution in [-0.4, -0.2) is 42.6 Å². The summed E-state index contributed by atoms with van der Waals surface area (Å²) in [6.45, 7) is 7.34. The number of rotatable bonds is 6. The first kappa shape index (κ1) is 19.0. The number of carbonyl (C=O) groups is 2. The van der Waals surface area contributed by atoms with Crippen LogP contribution in [0.2, 0.25) is 0 Å². The molecular weight excluding hydrogens is 318 g/mol. The highest BCUT2D eigenvalue weighted by Gasteiger charge is 2.27. The molecule has 0 radical (unpaired) electrons. The maximum absolute atomic E-state index is 12.3. The number of benzene rings is 1. The van der Waals surface area contributed by atoms with Crippen LogP contribution >= 0.6 is 0 Å². The molecule has 1 aromatic carbocycles. The predicted molar refractivity (Wildman–Crippen MR) is 97.2 cm³/mol. The van der Waals surface area contributed by atoms with Crippen LogP contribution < -0.4 is 4.74 Å². The highest BCUT2D eigenvalue weighted by molar-refractivity contribution is 5.92. The van der Waals surface area contributed by atoms with Gasteiger partial charge >= 0.3 is 5.97 Å². The first-order valence-electron chi connectivity index (χ1n) is 8.90. The lowest BCUT2D eigenvalue weighted by atomic mass is 9.97. The van der Waals surface area contributed by atoms with Crippen LogP contribution in [0.4, 0.5) is 0 Å². The number of esters is 1. The second-order valence-electron chi connectivity index (χ2n) is 6.42. The molecule has 1 amide bonds. The van der Waals surface area contributed by atoms with Gasteiger partial charge in [0.2, 0.25) is 5.91 Å². The number of amides is 1. The van der Waals surface area contributed by atoms with Crippen molar-refractivity contribution < 1.29 is 19.1 Å². The van der Waals surface area contributed by atoms with Crippen molar-refractivity contribution in [1.29, 1.82) is 0 Å². The summed E-state index contributed by atoms with van der Waals surface area (Å²) in [6.07, 6.45) is 4.82. The summed E-state index contributed by atoms with van der Waals surface area (Å²) in [5, 5.41) is 0. The van der Waals surface area contributed by atoms with Gasteiger partial charge in [0.15, 0.2) is 0 Å². The summed E-state index contributed by atoms with van der Waals surface area (Å²) in [7, 11) is 0. The average molecular weight is 345 g/mol.